The molecule has 33 heavy (non-hydrogen) atoms. The van der Waals surface area contributed by atoms with Crippen molar-refractivity contribution in [1.82, 2.24) is 25.1 Å². The molecule has 0 spiro atoms. The molecule has 2 amide bonds. The summed E-state index contributed by atoms with van der Waals surface area (Å²) in [5, 5.41) is 3.89. The van der Waals surface area contributed by atoms with Gasteiger partial charge in [0, 0.05) is 43.4 Å². The van der Waals surface area contributed by atoms with Gasteiger partial charge in [-0.15, -0.1) is 0 Å². The number of anilines is 1. The highest BCUT2D eigenvalue weighted by Crippen LogP contribution is 2.42. The van der Waals surface area contributed by atoms with Gasteiger partial charge in [-0.3, -0.25) is 4.90 Å². The van der Waals surface area contributed by atoms with Crippen molar-refractivity contribution < 1.29 is 14.3 Å². The number of urea groups is 1. The SMILES string of the molecule is COC1CN(CCOc2cc(Cl)cc(Cl)c2-c2nc(N)nc3c2CN(C(=O)NC2CC2)C3)C1. The second-order valence-corrected chi connectivity index (χ2v) is 9.51. The average molecular weight is 493 g/mol. The number of benzene rings is 1. The summed E-state index contributed by atoms with van der Waals surface area (Å²) in [4.78, 5) is 25.4. The lowest BCUT2D eigenvalue weighted by Gasteiger charge is -2.37. The van der Waals surface area contributed by atoms with Gasteiger partial charge in [0.2, 0.25) is 5.95 Å². The normalized spacial score (nSPS) is 18.2. The van der Waals surface area contributed by atoms with Gasteiger partial charge in [-0.05, 0) is 25.0 Å². The first kappa shape index (κ1) is 22.5. The van der Waals surface area contributed by atoms with Crippen LogP contribution in [0.1, 0.15) is 24.1 Å². The highest BCUT2D eigenvalue weighted by molar-refractivity contribution is 6.37. The van der Waals surface area contributed by atoms with Gasteiger partial charge in [0.15, 0.2) is 0 Å². The Labute approximate surface area is 202 Å². The number of likely N-dealkylation sites (tertiary alicyclic amines) is 1. The summed E-state index contributed by atoms with van der Waals surface area (Å²) < 4.78 is 11.4. The van der Waals surface area contributed by atoms with E-state index in [1.165, 1.54) is 0 Å². The van der Waals surface area contributed by atoms with Crippen LogP contribution in [0.5, 0.6) is 5.75 Å². The van der Waals surface area contributed by atoms with Crippen molar-refractivity contribution >= 4 is 35.2 Å². The largest absolute Gasteiger partial charge is 0.491 e. The molecule has 0 bridgehead atoms. The smallest absolute Gasteiger partial charge is 0.318 e. The van der Waals surface area contributed by atoms with Crippen molar-refractivity contribution in [1.29, 1.82) is 0 Å². The molecule has 2 fully saturated rings. The van der Waals surface area contributed by atoms with Gasteiger partial charge >= 0.3 is 6.03 Å². The number of aromatic nitrogens is 2. The Bertz CT molecular complexity index is 1070. The van der Waals surface area contributed by atoms with Crippen molar-refractivity contribution in [3.05, 3.63) is 33.4 Å². The summed E-state index contributed by atoms with van der Waals surface area (Å²) >= 11 is 12.9. The fraction of sp³-hybridized carbons (Fsp3) is 0.500. The van der Waals surface area contributed by atoms with Crippen LogP contribution < -0.4 is 15.8 Å². The number of fused-ring (bicyclic) bond motifs is 1. The van der Waals surface area contributed by atoms with Crippen LogP contribution in [0, 0.1) is 0 Å². The molecule has 0 radical (unpaired) electrons. The third-order valence-electron chi connectivity index (χ3n) is 6.17. The molecule has 3 aliphatic rings. The number of carbonyl (C=O) groups is 1. The van der Waals surface area contributed by atoms with Crippen LogP contribution in [0.3, 0.4) is 0 Å². The second kappa shape index (κ2) is 9.13. The van der Waals surface area contributed by atoms with Gasteiger partial charge in [-0.2, -0.15) is 0 Å². The van der Waals surface area contributed by atoms with E-state index in [-0.39, 0.29) is 24.1 Å². The molecule has 3 heterocycles. The fourth-order valence-corrected chi connectivity index (χ4v) is 4.71. The van der Waals surface area contributed by atoms with Crippen molar-refractivity contribution in [3.63, 3.8) is 0 Å². The quantitative estimate of drug-likeness (QED) is 0.611. The van der Waals surface area contributed by atoms with Crippen molar-refractivity contribution in [3.8, 4) is 17.0 Å². The number of carbonyl (C=O) groups excluding carboxylic acids is 1. The Morgan fingerprint density at radius 2 is 2.03 bits per heavy atom. The molecule has 176 valence electrons. The number of rotatable bonds is 7. The maximum Gasteiger partial charge on any atom is 0.318 e. The number of nitrogens with zero attached hydrogens (tertiary/aromatic N) is 4. The average Bonchev–Trinajstić information content (AvgIpc) is 3.44. The number of hydrogen-bond donors (Lipinski definition) is 2. The lowest BCUT2D eigenvalue weighted by Crippen LogP contribution is -2.52. The first-order valence-corrected chi connectivity index (χ1v) is 11.7. The highest BCUT2D eigenvalue weighted by Gasteiger charge is 2.33. The fourth-order valence-electron chi connectivity index (χ4n) is 4.15. The second-order valence-electron chi connectivity index (χ2n) is 8.66. The van der Waals surface area contributed by atoms with Gasteiger partial charge in [0.1, 0.15) is 12.4 Å². The Hall–Kier alpha value is -2.33. The minimum Gasteiger partial charge on any atom is -0.491 e. The van der Waals surface area contributed by atoms with Gasteiger partial charge in [-0.25, -0.2) is 14.8 Å². The minimum atomic E-state index is -0.109. The molecule has 9 nitrogen and oxygen atoms in total. The molecule has 0 atom stereocenters. The molecule has 2 aliphatic heterocycles. The molecule has 1 aliphatic carbocycles. The zero-order chi connectivity index (χ0) is 23.1. The summed E-state index contributed by atoms with van der Waals surface area (Å²) in [5.41, 5.74) is 8.74. The third-order valence-corrected chi connectivity index (χ3v) is 6.69. The lowest BCUT2D eigenvalue weighted by molar-refractivity contribution is -0.0333. The molecule has 5 rings (SSSR count). The maximum atomic E-state index is 12.6. The van der Waals surface area contributed by atoms with Crippen LogP contribution in [0.15, 0.2) is 12.1 Å². The Morgan fingerprint density at radius 3 is 2.76 bits per heavy atom. The number of nitrogens with two attached hydrogens (primary N) is 1. The maximum absolute atomic E-state index is 12.6. The van der Waals surface area contributed by atoms with Crippen LogP contribution in [0.4, 0.5) is 10.7 Å². The third kappa shape index (κ3) is 4.82. The Kier molecular flexibility index (Phi) is 6.22. The molecule has 1 saturated carbocycles. The zero-order valence-corrected chi connectivity index (χ0v) is 19.8. The monoisotopic (exact) mass is 492 g/mol. The summed E-state index contributed by atoms with van der Waals surface area (Å²) in [6, 6.07) is 3.55. The molecule has 1 saturated heterocycles. The molecular formula is C22H26Cl2N6O3. The Morgan fingerprint density at radius 1 is 1.24 bits per heavy atom. The standard InChI is InChI=1S/C22H26Cl2N6O3/c1-32-14-8-29(9-14)4-5-33-18-7-12(23)6-16(24)19(18)20-15-10-30(22(31)26-13-2-3-13)11-17(15)27-21(25)28-20/h6-7,13-14H,2-5,8-11H2,1H3,(H,26,31)(H2,25,27,28). The van der Waals surface area contributed by atoms with E-state index in [0.717, 1.165) is 38.0 Å². The van der Waals surface area contributed by atoms with Gasteiger partial charge in [-0.1, -0.05) is 23.2 Å². The molecule has 0 unspecified atom stereocenters. The van der Waals surface area contributed by atoms with E-state index in [9.17, 15) is 4.79 Å². The highest BCUT2D eigenvalue weighted by atomic mass is 35.5. The number of methoxy groups -OCH3 is 1. The van der Waals surface area contributed by atoms with Crippen molar-refractivity contribution in [2.75, 3.05) is 39.1 Å². The van der Waals surface area contributed by atoms with E-state index >= 15 is 0 Å². The number of ether oxygens (including phenoxy) is 2. The first-order valence-electron chi connectivity index (χ1n) is 11.0. The molecule has 1 aromatic carbocycles. The van der Waals surface area contributed by atoms with Crippen LogP contribution in [-0.4, -0.2) is 71.3 Å². The number of halogens is 2. The van der Waals surface area contributed by atoms with Crippen LogP contribution in [0.25, 0.3) is 11.3 Å². The number of hydrogen-bond acceptors (Lipinski definition) is 7. The van der Waals surface area contributed by atoms with Crippen LogP contribution in [-0.2, 0) is 17.8 Å². The van der Waals surface area contributed by atoms with E-state index in [2.05, 4.69) is 20.2 Å². The Balaban J connectivity index is 1.39. The topological polar surface area (TPSA) is 106 Å². The van der Waals surface area contributed by atoms with E-state index in [1.54, 1.807) is 24.1 Å². The number of nitrogens with one attached hydrogen (secondary N) is 1. The van der Waals surface area contributed by atoms with E-state index in [4.69, 9.17) is 38.4 Å². The van der Waals surface area contributed by atoms with Gasteiger partial charge in [0.25, 0.3) is 0 Å². The van der Waals surface area contributed by atoms with E-state index in [0.29, 0.717) is 52.4 Å². The molecule has 3 N–H and O–H groups in total. The molecule has 1 aromatic heterocycles. The first-order chi connectivity index (χ1) is 15.9. The van der Waals surface area contributed by atoms with E-state index < -0.39 is 0 Å². The number of amides is 2. The number of nitrogen functional groups attached to an aromatic ring is 1. The van der Waals surface area contributed by atoms with Crippen LogP contribution in [0.2, 0.25) is 10.0 Å². The van der Waals surface area contributed by atoms with Crippen LogP contribution >= 0.6 is 23.2 Å². The summed E-state index contributed by atoms with van der Waals surface area (Å²) in [6.45, 7) is 3.72. The molecule has 11 heteroatoms. The van der Waals surface area contributed by atoms with Crippen molar-refractivity contribution in [2.24, 2.45) is 0 Å². The lowest BCUT2D eigenvalue weighted by atomic mass is 10.0. The molecule has 2 aromatic rings. The predicted octanol–water partition coefficient (Wildman–Crippen LogP) is 2.93. The van der Waals surface area contributed by atoms with Crippen molar-refractivity contribution in [2.45, 2.75) is 38.1 Å². The van der Waals surface area contributed by atoms with Gasteiger partial charge < -0.3 is 25.4 Å². The zero-order valence-electron chi connectivity index (χ0n) is 18.3. The van der Waals surface area contributed by atoms with E-state index in [1.807, 2.05) is 0 Å². The summed E-state index contributed by atoms with van der Waals surface area (Å²) in [5.74, 6) is 0.647. The summed E-state index contributed by atoms with van der Waals surface area (Å²) in [6.07, 6.45) is 2.33. The minimum absolute atomic E-state index is 0.109. The summed E-state index contributed by atoms with van der Waals surface area (Å²) in [7, 11) is 1.72. The predicted molar refractivity (Wildman–Crippen MR) is 125 cm³/mol. The van der Waals surface area contributed by atoms with Gasteiger partial charge in [0.05, 0.1) is 41.2 Å². The molecular weight excluding hydrogens is 467 g/mol.